The van der Waals surface area contributed by atoms with E-state index in [2.05, 4.69) is 15.4 Å². The van der Waals surface area contributed by atoms with Crippen LogP contribution in [0.2, 0.25) is 0 Å². The molecule has 0 aromatic heterocycles. The van der Waals surface area contributed by atoms with Crippen LogP contribution >= 0.6 is 0 Å². The molecular weight excluding hydrogens is 462 g/mol. The van der Waals surface area contributed by atoms with Gasteiger partial charge < -0.3 is 20.1 Å². The van der Waals surface area contributed by atoms with Gasteiger partial charge in [-0.1, -0.05) is 23.8 Å². The number of sulfonamides is 1. The molecule has 0 bridgehead atoms. The number of benzene rings is 2. The van der Waals surface area contributed by atoms with E-state index in [1.54, 1.807) is 43.3 Å². The molecule has 0 radical (unpaired) electrons. The van der Waals surface area contributed by atoms with Crippen molar-refractivity contribution in [2.75, 3.05) is 19.0 Å². The third kappa shape index (κ3) is 6.86. The number of methoxy groups -OCH3 is 1. The van der Waals surface area contributed by atoms with E-state index in [0.29, 0.717) is 24.4 Å². The Bertz CT molecular complexity index is 1140. The summed E-state index contributed by atoms with van der Waals surface area (Å²) in [5, 5.41) is 5.49. The van der Waals surface area contributed by atoms with Crippen LogP contribution in [-0.2, 0) is 29.1 Å². The Hall–Kier alpha value is -3.28. The lowest BCUT2D eigenvalue weighted by molar-refractivity contribution is -0.162. The SMILES string of the molecule is COc1cccc(NC(=O)C[C@H](NS(=O)(=O)c2ccc(C)cc2)C(=O)OC(=O)[C@@H]2CCCN2)c1. The Balaban J connectivity index is 1.76. The molecule has 1 heterocycles. The first kappa shape index (κ1) is 25.3. The first-order valence-corrected chi connectivity index (χ1v) is 12.2. The minimum Gasteiger partial charge on any atom is -0.497 e. The average molecular weight is 490 g/mol. The van der Waals surface area contributed by atoms with Crippen LogP contribution in [0.5, 0.6) is 5.75 Å². The fraction of sp³-hybridized carbons (Fsp3) is 0.348. The summed E-state index contributed by atoms with van der Waals surface area (Å²) in [6, 6.07) is 10.2. The fourth-order valence-corrected chi connectivity index (χ4v) is 4.56. The predicted molar refractivity (Wildman–Crippen MR) is 124 cm³/mol. The number of amides is 1. The van der Waals surface area contributed by atoms with Crippen LogP contribution in [0.4, 0.5) is 5.69 Å². The predicted octanol–water partition coefficient (Wildman–Crippen LogP) is 1.50. The number of hydrogen-bond acceptors (Lipinski definition) is 8. The third-order valence-corrected chi connectivity index (χ3v) is 6.69. The summed E-state index contributed by atoms with van der Waals surface area (Å²) in [4.78, 5) is 37.6. The molecule has 3 N–H and O–H groups in total. The molecule has 0 saturated carbocycles. The van der Waals surface area contributed by atoms with E-state index in [1.807, 2.05) is 0 Å². The summed E-state index contributed by atoms with van der Waals surface area (Å²) >= 11 is 0. The van der Waals surface area contributed by atoms with Gasteiger partial charge in [0.05, 0.1) is 18.4 Å². The Morgan fingerprint density at radius 2 is 1.88 bits per heavy atom. The third-order valence-electron chi connectivity index (χ3n) is 5.20. The van der Waals surface area contributed by atoms with Crippen molar-refractivity contribution in [2.45, 2.75) is 43.2 Å². The largest absolute Gasteiger partial charge is 0.497 e. The normalized spacial score (nSPS) is 16.5. The molecule has 2 aromatic rings. The van der Waals surface area contributed by atoms with Gasteiger partial charge in [0.25, 0.3) is 0 Å². The molecule has 0 unspecified atom stereocenters. The molecule has 0 spiro atoms. The quantitative estimate of drug-likeness (QED) is 0.356. The highest BCUT2D eigenvalue weighted by Crippen LogP contribution is 2.18. The maximum atomic E-state index is 12.9. The van der Waals surface area contributed by atoms with Crippen LogP contribution < -0.4 is 20.1 Å². The summed E-state index contributed by atoms with van der Waals surface area (Å²) in [7, 11) is -2.71. The molecule has 0 aliphatic carbocycles. The number of anilines is 1. The standard InChI is InChI=1S/C23H27N3O7S/c1-15-8-10-18(11-9-15)34(30,31)26-20(23(29)33-22(28)19-7-4-12-24-19)14-21(27)25-16-5-3-6-17(13-16)32-2/h3,5-6,8-11,13,19-20,24,26H,4,7,12,14H2,1-2H3,(H,25,27)/t19-,20-/m0/s1. The molecule has 1 amide bonds. The van der Waals surface area contributed by atoms with Gasteiger partial charge in [0.2, 0.25) is 15.9 Å². The Morgan fingerprint density at radius 3 is 2.53 bits per heavy atom. The van der Waals surface area contributed by atoms with Crippen molar-refractivity contribution in [2.24, 2.45) is 0 Å². The number of carbonyl (C=O) groups excluding carboxylic acids is 3. The maximum absolute atomic E-state index is 12.9. The van der Waals surface area contributed by atoms with E-state index < -0.39 is 46.4 Å². The van der Waals surface area contributed by atoms with Gasteiger partial charge in [0.15, 0.2) is 0 Å². The van der Waals surface area contributed by atoms with Gasteiger partial charge in [-0.15, -0.1) is 0 Å². The monoisotopic (exact) mass is 489 g/mol. The minimum atomic E-state index is -4.18. The second-order valence-electron chi connectivity index (χ2n) is 7.86. The molecular formula is C23H27N3O7S. The molecule has 182 valence electrons. The molecule has 2 atom stereocenters. The molecule has 1 saturated heterocycles. The van der Waals surface area contributed by atoms with Crippen molar-refractivity contribution in [3.8, 4) is 5.75 Å². The van der Waals surface area contributed by atoms with E-state index in [9.17, 15) is 22.8 Å². The molecule has 1 fully saturated rings. The van der Waals surface area contributed by atoms with Gasteiger partial charge in [-0.2, -0.15) is 4.72 Å². The summed E-state index contributed by atoms with van der Waals surface area (Å²) in [5.41, 5.74) is 1.24. The van der Waals surface area contributed by atoms with Gasteiger partial charge >= 0.3 is 11.9 Å². The number of carbonyl (C=O) groups is 3. The van der Waals surface area contributed by atoms with E-state index in [-0.39, 0.29) is 4.90 Å². The minimum absolute atomic E-state index is 0.0899. The van der Waals surface area contributed by atoms with Crippen molar-refractivity contribution in [1.29, 1.82) is 0 Å². The van der Waals surface area contributed by atoms with Crippen molar-refractivity contribution < 1.29 is 32.3 Å². The smallest absolute Gasteiger partial charge is 0.332 e. The van der Waals surface area contributed by atoms with Gasteiger partial charge in [0, 0.05) is 11.8 Å². The topological polar surface area (TPSA) is 140 Å². The van der Waals surface area contributed by atoms with E-state index in [1.165, 1.54) is 19.2 Å². The van der Waals surface area contributed by atoms with Crippen molar-refractivity contribution >= 4 is 33.6 Å². The molecule has 11 heteroatoms. The second kappa shape index (κ2) is 11.2. The Kier molecular flexibility index (Phi) is 8.37. The first-order valence-electron chi connectivity index (χ1n) is 10.7. The zero-order chi connectivity index (χ0) is 24.7. The zero-order valence-electron chi connectivity index (χ0n) is 18.9. The fourth-order valence-electron chi connectivity index (χ4n) is 3.37. The highest BCUT2D eigenvalue weighted by molar-refractivity contribution is 7.89. The van der Waals surface area contributed by atoms with Gasteiger partial charge in [-0.25, -0.2) is 18.0 Å². The van der Waals surface area contributed by atoms with Crippen LogP contribution in [0, 0.1) is 6.92 Å². The van der Waals surface area contributed by atoms with E-state index in [0.717, 1.165) is 12.0 Å². The maximum Gasteiger partial charge on any atom is 0.332 e. The van der Waals surface area contributed by atoms with Crippen LogP contribution in [0.3, 0.4) is 0 Å². The highest BCUT2D eigenvalue weighted by atomic mass is 32.2. The molecule has 3 rings (SSSR count). The van der Waals surface area contributed by atoms with Crippen LogP contribution in [0.25, 0.3) is 0 Å². The lowest BCUT2D eigenvalue weighted by atomic mass is 10.2. The first-order chi connectivity index (χ1) is 16.2. The van der Waals surface area contributed by atoms with Gasteiger partial charge in [-0.05, 0) is 50.6 Å². The molecule has 10 nitrogen and oxygen atoms in total. The van der Waals surface area contributed by atoms with Gasteiger partial charge in [0.1, 0.15) is 17.8 Å². The molecule has 1 aliphatic rings. The van der Waals surface area contributed by atoms with Crippen LogP contribution in [0.15, 0.2) is 53.4 Å². The van der Waals surface area contributed by atoms with Crippen molar-refractivity contribution in [3.63, 3.8) is 0 Å². The van der Waals surface area contributed by atoms with Crippen molar-refractivity contribution in [3.05, 3.63) is 54.1 Å². The number of aryl methyl sites for hydroxylation is 1. The molecule has 2 aromatic carbocycles. The lowest BCUT2D eigenvalue weighted by Gasteiger charge is -2.18. The second-order valence-corrected chi connectivity index (χ2v) is 9.57. The zero-order valence-corrected chi connectivity index (χ0v) is 19.7. The highest BCUT2D eigenvalue weighted by Gasteiger charge is 2.33. The van der Waals surface area contributed by atoms with Crippen molar-refractivity contribution in [1.82, 2.24) is 10.0 Å². The van der Waals surface area contributed by atoms with Crippen LogP contribution in [0.1, 0.15) is 24.8 Å². The number of esters is 2. The van der Waals surface area contributed by atoms with E-state index >= 15 is 0 Å². The summed E-state index contributed by atoms with van der Waals surface area (Å²) < 4.78 is 38.0. The molecule has 34 heavy (non-hydrogen) atoms. The Morgan fingerprint density at radius 1 is 1.15 bits per heavy atom. The average Bonchev–Trinajstić information content (AvgIpc) is 3.34. The number of ether oxygens (including phenoxy) is 2. The van der Waals surface area contributed by atoms with Gasteiger partial charge in [-0.3, -0.25) is 4.79 Å². The summed E-state index contributed by atoms with van der Waals surface area (Å²) in [5.74, 6) is -2.12. The number of rotatable bonds is 9. The Labute approximate surface area is 198 Å². The molecule has 1 aliphatic heterocycles. The number of nitrogens with one attached hydrogen (secondary N) is 3. The van der Waals surface area contributed by atoms with E-state index in [4.69, 9.17) is 9.47 Å². The summed E-state index contributed by atoms with van der Waals surface area (Å²) in [6.45, 7) is 2.41. The number of hydrogen-bond donors (Lipinski definition) is 3. The van der Waals surface area contributed by atoms with Crippen LogP contribution in [-0.4, -0.2) is 52.0 Å². The lowest BCUT2D eigenvalue weighted by Crippen LogP contribution is -2.46. The summed E-state index contributed by atoms with van der Waals surface area (Å²) in [6.07, 6.45) is 0.662.